The molecule has 0 saturated carbocycles. The number of hydrogen-bond donors (Lipinski definition) is 1. The third-order valence-corrected chi connectivity index (χ3v) is 4.52. The molecule has 1 N–H and O–H groups in total. The number of carbonyl (C=O) groups is 1. The Morgan fingerprint density at radius 2 is 1.74 bits per heavy atom. The van der Waals surface area contributed by atoms with Gasteiger partial charge in [-0.15, -0.1) is 0 Å². The highest BCUT2D eigenvalue weighted by Gasteiger charge is 2.29. The fourth-order valence-electron chi connectivity index (χ4n) is 1.69. The topological polar surface area (TPSA) is 74.7 Å². The molecular formula is C13H19NO4S. The first-order valence-electron chi connectivity index (χ1n) is 5.89. The Kier molecular flexibility index (Phi) is 4.57. The molecule has 6 heteroatoms. The van der Waals surface area contributed by atoms with E-state index in [0.717, 1.165) is 4.31 Å². The van der Waals surface area contributed by atoms with Crippen LogP contribution in [0.15, 0.2) is 30.3 Å². The zero-order valence-electron chi connectivity index (χ0n) is 11.3. The van der Waals surface area contributed by atoms with Gasteiger partial charge in [0, 0.05) is 0 Å². The molecule has 0 amide bonds. The van der Waals surface area contributed by atoms with E-state index in [2.05, 4.69) is 0 Å². The summed E-state index contributed by atoms with van der Waals surface area (Å²) in [5.74, 6) is -1.29. The molecule has 0 aliphatic carbocycles. The molecule has 0 aliphatic rings. The van der Waals surface area contributed by atoms with Gasteiger partial charge in [-0.2, -0.15) is 0 Å². The zero-order valence-corrected chi connectivity index (χ0v) is 12.1. The van der Waals surface area contributed by atoms with Crippen molar-refractivity contribution in [1.82, 2.24) is 0 Å². The van der Waals surface area contributed by atoms with Crippen LogP contribution >= 0.6 is 0 Å². The third-order valence-electron chi connectivity index (χ3n) is 2.27. The lowest BCUT2D eigenvalue weighted by Crippen LogP contribution is -2.40. The fraction of sp³-hybridized carbons (Fsp3) is 0.462. The molecule has 0 unspecified atom stereocenters. The van der Waals surface area contributed by atoms with E-state index in [1.54, 1.807) is 51.1 Å². The minimum Gasteiger partial charge on any atom is -0.480 e. The third kappa shape index (κ3) is 4.90. The number of aliphatic carboxylic acids is 1. The molecule has 1 aromatic rings. The van der Waals surface area contributed by atoms with E-state index in [9.17, 15) is 13.2 Å². The molecule has 5 nitrogen and oxygen atoms in total. The van der Waals surface area contributed by atoms with Gasteiger partial charge in [0.15, 0.2) is 0 Å². The molecule has 0 heterocycles. The molecule has 19 heavy (non-hydrogen) atoms. The van der Waals surface area contributed by atoms with Crippen LogP contribution in [0.25, 0.3) is 0 Å². The highest BCUT2D eigenvalue weighted by atomic mass is 32.2. The van der Waals surface area contributed by atoms with E-state index >= 15 is 0 Å². The summed E-state index contributed by atoms with van der Waals surface area (Å²) in [5.41, 5.74) is -0.0705. The Bertz CT molecular complexity index is 532. The maximum Gasteiger partial charge on any atom is 0.324 e. The normalized spacial score (nSPS) is 12.2. The minimum absolute atomic E-state index is 0.109. The fourth-order valence-corrected chi connectivity index (χ4v) is 3.69. The van der Waals surface area contributed by atoms with E-state index in [1.165, 1.54) is 0 Å². The Balaban J connectivity index is 3.15. The van der Waals surface area contributed by atoms with Crippen molar-refractivity contribution in [3.8, 4) is 0 Å². The minimum atomic E-state index is -3.68. The van der Waals surface area contributed by atoms with Crippen LogP contribution in [0.2, 0.25) is 0 Å². The number of benzene rings is 1. The van der Waals surface area contributed by atoms with Crippen LogP contribution in [0.4, 0.5) is 5.69 Å². The molecule has 0 aromatic heterocycles. The summed E-state index contributed by atoms with van der Waals surface area (Å²) in [6.45, 7) is 4.83. The van der Waals surface area contributed by atoms with E-state index in [4.69, 9.17) is 5.11 Å². The van der Waals surface area contributed by atoms with Crippen molar-refractivity contribution in [2.45, 2.75) is 20.8 Å². The first-order chi connectivity index (χ1) is 8.62. The summed E-state index contributed by atoms with van der Waals surface area (Å²) in [7, 11) is -3.68. The molecule has 1 aromatic carbocycles. The average molecular weight is 285 g/mol. The van der Waals surface area contributed by atoms with Gasteiger partial charge in [-0.3, -0.25) is 9.10 Å². The van der Waals surface area contributed by atoms with Gasteiger partial charge in [0.2, 0.25) is 10.0 Å². The molecule has 0 aliphatic heterocycles. The van der Waals surface area contributed by atoms with Gasteiger partial charge in [-0.05, 0) is 17.5 Å². The van der Waals surface area contributed by atoms with Gasteiger partial charge in [0.25, 0.3) is 0 Å². The van der Waals surface area contributed by atoms with Crippen LogP contribution < -0.4 is 4.31 Å². The SMILES string of the molecule is CC(C)(C)CS(=O)(=O)N(CC(=O)O)c1ccccc1. The molecule has 0 fully saturated rings. The highest BCUT2D eigenvalue weighted by Crippen LogP contribution is 2.23. The Labute approximate surface area is 113 Å². The van der Waals surface area contributed by atoms with Gasteiger partial charge in [0.1, 0.15) is 6.54 Å². The molecule has 106 valence electrons. The lowest BCUT2D eigenvalue weighted by molar-refractivity contribution is -0.135. The standard InChI is InChI=1S/C13H19NO4S/c1-13(2,3)10-19(17,18)14(9-12(15)16)11-7-5-4-6-8-11/h4-8H,9-10H2,1-3H3,(H,15,16). The second-order valence-electron chi connectivity index (χ2n) is 5.55. The summed E-state index contributed by atoms with van der Waals surface area (Å²) in [5, 5.41) is 8.90. The Morgan fingerprint density at radius 3 is 2.16 bits per heavy atom. The lowest BCUT2D eigenvalue weighted by Gasteiger charge is -2.27. The zero-order chi connectivity index (χ0) is 14.7. The van der Waals surface area contributed by atoms with Gasteiger partial charge >= 0.3 is 5.97 Å². The number of hydrogen-bond acceptors (Lipinski definition) is 3. The van der Waals surface area contributed by atoms with Crippen molar-refractivity contribution >= 4 is 21.7 Å². The quantitative estimate of drug-likeness (QED) is 0.897. The second-order valence-corrected chi connectivity index (χ2v) is 7.45. The van der Waals surface area contributed by atoms with Crippen LogP contribution in [0.1, 0.15) is 20.8 Å². The van der Waals surface area contributed by atoms with Crippen molar-refractivity contribution in [3.63, 3.8) is 0 Å². The number of rotatable bonds is 5. The van der Waals surface area contributed by atoms with E-state index in [0.29, 0.717) is 5.69 Å². The molecule has 0 spiro atoms. The number of para-hydroxylation sites is 1. The number of nitrogens with zero attached hydrogens (tertiary/aromatic N) is 1. The highest BCUT2D eigenvalue weighted by molar-refractivity contribution is 7.92. The van der Waals surface area contributed by atoms with Crippen molar-refractivity contribution in [2.75, 3.05) is 16.6 Å². The number of carboxylic acid groups (broad SMARTS) is 1. The van der Waals surface area contributed by atoms with Crippen LogP contribution in [0.3, 0.4) is 0 Å². The van der Waals surface area contributed by atoms with Crippen molar-refractivity contribution in [3.05, 3.63) is 30.3 Å². The molecule has 0 bridgehead atoms. The molecular weight excluding hydrogens is 266 g/mol. The first kappa shape index (κ1) is 15.5. The largest absolute Gasteiger partial charge is 0.480 e. The first-order valence-corrected chi connectivity index (χ1v) is 7.50. The number of carboxylic acids is 1. The molecule has 0 radical (unpaired) electrons. The van der Waals surface area contributed by atoms with Gasteiger partial charge < -0.3 is 5.11 Å². The van der Waals surface area contributed by atoms with Gasteiger partial charge in [-0.25, -0.2) is 8.42 Å². The van der Waals surface area contributed by atoms with Gasteiger partial charge in [0.05, 0.1) is 11.4 Å². The van der Waals surface area contributed by atoms with Crippen molar-refractivity contribution < 1.29 is 18.3 Å². The van der Waals surface area contributed by atoms with Crippen molar-refractivity contribution in [1.29, 1.82) is 0 Å². The van der Waals surface area contributed by atoms with E-state index in [-0.39, 0.29) is 5.75 Å². The second kappa shape index (κ2) is 5.61. The molecule has 1 rings (SSSR count). The maximum atomic E-state index is 12.3. The predicted octanol–water partition coefficient (Wildman–Crippen LogP) is 1.95. The molecule has 0 saturated heterocycles. The molecule has 0 atom stereocenters. The van der Waals surface area contributed by atoms with E-state index in [1.807, 2.05) is 0 Å². The Morgan fingerprint density at radius 1 is 1.21 bits per heavy atom. The summed E-state index contributed by atoms with van der Waals surface area (Å²) in [6, 6.07) is 8.28. The monoisotopic (exact) mass is 285 g/mol. The average Bonchev–Trinajstić information content (AvgIpc) is 2.23. The van der Waals surface area contributed by atoms with Crippen LogP contribution in [0, 0.1) is 5.41 Å². The van der Waals surface area contributed by atoms with Crippen LogP contribution in [-0.2, 0) is 14.8 Å². The van der Waals surface area contributed by atoms with Crippen molar-refractivity contribution in [2.24, 2.45) is 5.41 Å². The van der Waals surface area contributed by atoms with Crippen LogP contribution in [-0.4, -0.2) is 31.8 Å². The maximum absolute atomic E-state index is 12.3. The van der Waals surface area contributed by atoms with E-state index < -0.39 is 28.0 Å². The van der Waals surface area contributed by atoms with Gasteiger partial charge in [-0.1, -0.05) is 39.0 Å². The summed E-state index contributed by atoms with van der Waals surface area (Å²) in [4.78, 5) is 10.9. The summed E-state index contributed by atoms with van der Waals surface area (Å²) >= 11 is 0. The number of sulfonamides is 1. The summed E-state index contributed by atoms with van der Waals surface area (Å²) < 4.78 is 25.6. The Hall–Kier alpha value is -1.56. The lowest BCUT2D eigenvalue weighted by atomic mass is 10.0. The van der Waals surface area contributed by atoms with Crippen LogP contribution in [0.5, 0.6) is 0 Å². The number of anilines is 1. The smallest absolute Gasteiger partial charge is 0.324 e. The predicted molar refractivity (Wildman–Crippen MR) is 74.7 cm³/mol. The summed E-state index contributed by atoms with van der Waals surface area (Å²) in [6.07, 6.45) is 0.